The highest BCUT2D eigenvalue weighted by Crippen LogP contribution is 2.20. The molecule has 0 spiro atoms. The van der Waals surface area contributed by atoms with Crippen molar-refractivity contribution in [3.8, 4) is 0 Å². The maximum atomic E-state index is 4.52. The second-order valence-corrected chi connectivity index (χ2v) is 4.40. The largest absolute Gasteiger partial charge is 0.373 e. The van der Waals surface area contributed by atoms with Crippen molar-refractivity contribution in [2.24, 2.45) is 7.05 Å². The molecule has 0 aliphatic heterocycles. The van der Waals surface area contributed by atoms with E-state index in [0.717, 1.165) is 35.1 Å². The predicted molar refractivity (Wildman–Crippen MR) is 76.2 cm³/mol. The highest BCUT2D eigenvalue weighted by atomic mass is 15.3. The van der Waals surface area contributed by atoms with Crippen LogP contribution in [0.2, 0.25) is 0 Å². The molecule has 6 heteroatoms. The zero-order valence-corrected chi connectivity index (χ0v) is 11.9. The molecule has 6 nitrogen and oxygen atoms in total. The fourth-order valence-electron chi connectivity index (χ4n) is 1.87. The summed E-state index contributed by atoms with van der Waals surface area (Å²) in [5.41, 5.74) is 2.01. The van der Waals surface area contributed by atoms with Gasteiger partial charge in [-0.2, -0.15) is 5.10 Å². The summed E-state index contributed by atoms with van der Waals surface area (Å²) in [6.45, 7) is 4.71. The lowest BCUT2D eigenvalue weighted by Crippen LogP contribution is -2.09. The van der Waals surface area contributed by atoms with E-state index < -0.39 is 0 Å². The predicted octanol–water partition coefficient (Wildman–Crippen LogP) is 1.73. The topological polar surface area (TPSA) is 67.7 Å². The average Bonchev–Trinajstić information content (AvgIpc) is 2.83. The van der Waals surface area contributed by atoms with Crippen LogP contribution in [-0.2, 0) is 20.0 Å². The van der Waals surface area contributed by atoms with E-state index in [1.165, 1.54) is 0 Å². The first-order chi connectivity index (χ1) is 9.13. The van der Waals surface area contributed by atoms with E-state index in [0.29, 0.717) is 6.54 Å². The van der Waals surface area contributed by atoms with Crippen LogP contribution in [0.3, 0.4) is 0 Å². The van der Waals surface area contributed by atoms with Crippen molar-refractivity contribution in [2.45, 2.75) is 26.8 Å². The molecule has 0 atom stereocenters. The van der Waals surface area contributed by atoms with E-state index in [2.05, 4.69) is 25.7 Å². The Labute approximate surface area is 113 Å². The summed E-state index contributed by atoms with van der Waals surface area (Å²) in [5.74, 6) is 2.57. The first-order valence-electron chi connectivity index (χ1n) is 6.41. The van der Waals surface area contributed by atoms with Crippen LogP contribution in [-0.4, -0.2) is 26.8 Å². The van der Waals surface area contributed by atoms with Gasteiger partial charge in [0, 0.05) is 32.3 Å². The van der Waals surface area contributed by atoms with E-state index in [1.807, 2.05) is 40.2 Å². The quantitative estimate of drug-likeness (QED) is 0.857. The summed E-state index contributed by atoms with van der Waals surface area (Å²) in [6.07, 6.45) is 2.74. The lowest BCUT2D eigenvalue weighted by Gasteiger charge is -2.12. The molecular formula is C13H20N6. The lowest BCUT2D eigenvalue weighted by molar-refractivity contribution is 0.746. The smallest absolute Gasteiger partial charge is 0.135 e. The second-order valence-electron chi connectivity index (χ2n) is 4.40. The van der Waals surface area contributed by atoms with E-state index >= 15 is 0 Å². The maximum absolute atomic E-state index is 4.52. The molecule has 0 bridgehead atoms. The Morgan fingerprint density at radius 2 is 2.00 bits per heavy atom. The molecule has 2 N–H and O–H groups in total. The van der Waals surface area contributed by atoms with Crippen LogP contribution in [0, 0.1) is 6.92 Å². The number of anilines is 2. The first kappa shape index (κ1) is 13.3. The number of aromatic nitrogens is 4. The number of hydrogen-bond donors (Lipinski definition) is 2. The molecule has 0 saturated heterocycles. The molecule has 102 valence electrons. The van der Waals surface area contributed by atoms with Gasteiger partial charge in [0.2, 0.25) is 0 Å². The zero-order valence-electron chi connectivity index (χ0n) is 11.9. The van der Waals surface area contributed by atoms with Crippen LogP contribution in [0.4, 0.5) is 11.6 Å². The highest BCUT2D eigenvalue weighted by Gasteiger charge is 2.09. The molecular weight excluding hydrogens is 240 g/mol. The molecule has 0 aromatic carbocycles. The van der Waals surface area contributed by atoms with Crippen molar-refractivity contribution < 1.29 is 0 Å². The third-order valence-electron chi connectivity index (χ3n) is 2.95. The molecule has 2 aromatic rings. The molecule has 2 rings (SSSR count). The number of aryl methyl sites for hydroxylation is 2. The summed E-state index contributed by atoms with van der Waals surface area (Å²) in [6, 6.07) is 1.99. The first-order valence-corrected chi connectivity index (χ1v) is 6.41. The molecule has 2 heterocycles. The van der Waals surface area contributed by atoms with Gasteiger partial charge >= 0.3 is 0 Å². The Morgan fingerprint density at radius 1 is 1.26 bits per heavy atom. The van der Waals surface area contributed by atoms with Gasteiger partial charge in [-0.25, -0.2) is 9.97 Å². The zero-order chi connectivity index (χ0) is 13.8. The third kappa shape index (κ3) is 3.01. The number of nitrogens with zero attached hydrogens (tertiary/aromatic N) is 4. The normalized spacial score (nSPS) is 10.5. The van der Waals surface area contributed by atoms with Crippen molar-refractivity contribution >= 4 is 11.6 Å². The van der Waals surface area contributed by atoms with Crippen molar-refractivity contribution in [3.05, 3.63) is 29.3 Å². The highest BCUT2D eigenvalue weighted by molar-refractivity contribution is 5.57. The van der Waals surface area contributed by atoms with Gasteiger partial charge in [0.1, 0.15) is 17.5 Å². The van der Waals surface area contributed by atoms with Crippen molar-refractivity contribution in [1.29, 1.82) is 0 Å². The van der Waals surface area contributed by atoms with Crippen LogP contribution in [0.1, 0.15) is 24.0 Å². The Balaban J connectivity index is 2.19. The van der Waals surface area contributed by atoms with Crippen molar-refractivity contribution in [1.82, 2.24) is 19.7 Å². The molecule has 19 heavy (non-hydrogen) atoms. The molecule has 0 aliphatic carbocycles. The number of hydrogen-bond acceptors (Lipinski definition) is 5. The molecule has 0 unspecified atom stereocenters. The van der Waals surface area contributed by atoms with Gasteiger partial charge < -0.3 is 10.6 Å². The van der Waals surface area contributed by atoms with Crippen LogP contribution in [0.5, 0.6) is 0 Å². The minimum atomic E-state index is 0.658. The second kappa shape index (κ2) is 5.69. The Morgan fingerprint density at radius 3 is 2.58 bits per heavy atom. The fourth-order valence-corrected chi connectivity index (χ4v) is 1.87. The maximum Gasteiger partial charge on any atom is 0.135 e. The van der Waals surface area contributed by atoms with Crippen LogP contribution in [0.25, 0.3) is 0 Å². The van der Waals surface area contributed by atoms with E-state index in [4.69, 9.17) is 0 Å². The van der Waals surface area contributed by atoms with Gasteiger partial charge in [0.15, 0.2) is 0 Å². The summed E-state index contributed by atoms with van der Waals surface area (Å²) in [4.78, 5) is 8.97. The summed E-state index contributed by atoms with van der Waals surface area (Å²) in [5, 5.41) is 10.8. The third-order valence-corrected chi connectivity index (χ3v) is 2.95. The Kier molecular flexibility index (Phi) is 3.99. The van der Waals surface area contributed by atoms with Crippen molar-refractivity contribution in [2.75, 3.05) is 17.7 Å². The summed E-state index contributed by atoms with van der Waals surface area (Å²) in [7, 11) is 3.78. The standard InChI is InChI=1S/C13H20N6/c1-5-11-16-12(14-3)9(2)13(17-11)15-8-10-6-7-19(4)18-10/h6-7H,5,8H2,1-4H3,(H2,14,15,16,17). The lowest BCUT2D eigenvalue weighted by atomic mass is 10.3. The Hall–Kier alpha value is -2.11. The fraction of sp³-hybridized carbons (Fsp3) is 0.462. The van der Waals surface area contributed by atoms with Gasteiger partial charge in [-0.3, -0.25) is 4.68 Å². The van der Waals surface area contributed by atoms with Crippen LogP contribution in [0.15, 0.2) is 12.3 Å². The number of rotatable bonds is 5. The van der Waals surface area contributed by atoms with Gasteiger partial charge in [0.05, 0.1) is 12.2 Å². The Bertz CT molecular complexity index is 560. The molecule has 2 aromatic heterocycles. The molecule has 0 fully saturated rings. The average molecular weight is 260 g/mol. The SMILES string of the molecule is CCc1nc(NC)c(C)c(NCc2ccn(C)n2)n1. The molecule has 0 amide bonds. The summed E-state index contributed by atoms with van der Waals surface area (Å²) >= 11 is 0. The molecule has 0 saturated carbocycles. The monoisotopic (exact) mass is 260 g/mol. The van der Waals surface area contributed by atoms with Gasteiger partial charge in [0.25, 0.3) is 0 Å². The summed E-state index contributed by atoms with van der Waals surface area (Å²) < 4.78 is 1.79. The minimum absolute atomic E-state index is 0.658. The van der Waals surface area contributed by atoms with E-state index in [1.54, 1.807) is 4.68 Å². The van der Waals surface area contributed by atoms with Crippen LogP contribution >= 0.6 is 0 Å². The molecule has 0 radical (unpaired) electrons. The van der Waals surface area contributed by atoms with E-state index in [9.17, 15) is 0 Å². The van der Waals surface area contributed by atoms with Crippen molar-refractivity contribution in [3.63, 3.8) is 0 Å². The van der Waals surface area contributed by atoms with E-state index in [-0.39, 0.29) is 0 Å². The molecule has 0 aliphatic rings. The minimum Gasteiger partial charge on any atom is -0.373 e. The van der Waals surface area contributed by atoms with Gasteiger partial charge in [-0.15, -0.1) is 0 Å². The van der Waals surface area contributed by atoms with Gasteiger partial charge in [-0.1, -0.05) is 6.92 Å². The van der Waals surface area contributed by atoms with Crippen LogP contribution < -0.4 is 10.6 Å². The number of nitrogens with one attached hydrogen (secondary N) is 2. The van der Waals surface area contributed by atoms with Gasteiger partial charge in [-0.05, 0) is 13.0 Å².